The van der Waals surface area contributed by atoms with E-state index < -0.39 is 0 Å². The maximum atomic E-state index is 12.8. The van der Waals surface area contributed by atoms with Crippen molar-refractivity contribution in [2.24, 2.45) is 0 Å². The van der Waals surface area contributed by atoms with Crippen LogP contribution < -0.4 is 5.32 Å². The monoisotopic (exact) mass is 370 g/mol. The molecule has 0 aliphatic carbocycles. The second kappa shape index (κ2) is 8.54. The van der Waals surface area contributed by atoms with Crippen LogP contribution in [0.15, 0.2) is 41.1 Å². The van der Waals surface area contributed by atoms with Crippen LogP contribution in [0.5, 0.6) is 0 Å². The summed E-state index contributed by atoms with van der Waals surface area (Å²) in [5.74, 6) is 1.65. The number of hydrogen-bond acceptors (Lipinski definition) is 6. The SMILES string of the molecule is O=C(c1ccc(NCc2ccco2)nc1)N1CCC(N2CCOCC2)CC1. The van der Waals surface area contributed by atoms with Gasteiger partial charge in [0.15, 0.2) is 0 Å². The highest BCUT2D eigenvalue weighted by atomic mass is 16.5. The zero-order valence-electron chi connectivity index (χ0n) is 15.5. The minimum Gasteiger partial charge on any atom is -0.467 e. The molecular weight excluding hydrogens is 344 g/mol. The number of ether oxygens (including phenoxy) is 1. The first-order chi connectivity index (χ1) is 13.3. The number of rotatable bonds is 5. The predicted molar refractivity (Wildman–Crippen MR) is 102 cm³/mol. The maximum absolute atomic E-state index is 12.8. The largest absolute Gasteiger partial charge is 0.467 e. The van der Waals surface area contributed by atoms with Crippen LogP contribution in [0.3, 0.4) is 0 Å². The quantitative estimate of drug-likeness (QED) is 0.870. The van der Waals surface area contributed by atoms with Crippen molar-refractivity contribution in [2.75, 3.05) is 44.7 Å². The minimum atomic E-state index is 0.0699. The molecule has 0 atom stereocenters. The fraction of sp³-hybridized carbons (Fsp3) is 0.500. The Balaban J connectivity index is 1.28. The zero-order valence-corrected chi connectivity index (χ0v) is 15.5. The average molecular weight is 370 g/mol. The van der Waals surface area contributed by atoms with Crippen LogP contribution in [0.4, 0.5) is 5.82 Å². The lowest BCUT2D eigenvalue weighted by molar-refractivity contribution is 0.00158. The summed E-state index contributed by atoms with van der Waals surface area (Å²) in [6, 6.07) is 8.02. The van der Waals surface area contributed by atoms with Gasteiger partial charge in [-0.2, -0.15) is 0 Å². The first-order valence-corrected chi connectivity index (χ1v) is 9.63. The maximum Gasteiger partial charge on any atom is 0.255 e. The molecule has 7 nitrogen and oxygen atoms in total. The van der Waals surface area contributed by atoms with E-state index in [1.807, 2.05) is 29.2 Å². The summed E-state index contributed by atoms with van der Waals surface area (Å²) in [6.45, 7) is 5.85. The van der Waals surface area contributed by atoms with Crippen LogP contribution in [0.25, 0.3) is 0 Å². The van der Waals surface area contributed by atoms with Crippen molar-refractivity contribution in [1.82, 2.24) is 14.8 Å². The summed E-state index contributed by atoms with van der Waals surface area (Å²) in [5, 5.41) is 3.19. The molecule has 144 valence electrons. The van der Waals surface area contributed by atoms with Crippen LogP contribution in [0.1, 0.15) is 29.0 Å². The Morgan fingerprint density at radius 3 is 2.63 bits per heavy atom. The van der Waals surface area contributed by atoms with Gasteiger partial charge in [0.05, 0.1) is 31.6 Å². The second-order valence-electron chi connectivity index (χ2n) is 7.04. The van der Waals surface area contributed by atoms with Gasteiger partial charge >= 0.3 is 0 Å². The van der Waals surface area contributed by atoms with Crippen LogP contribution in [-0.4, -0.2) is 66.1 Å². The van der Waals surface area contributed by atoms with E-state index in [-0.39, 0.29) is 5.91 Å². The Morgan fingerprint density at radius 1 is 1.15 bits per heavy atom. The van der Waals surface area contributed by atoms with Gasteiger partial charge in [0.1, 0.15) is 11.6 Å². The molecule has 2 saturated heterocycles. The molecule has 0 radical (unpaired) electrons. The molecule has 2 aromatic rings. The van der Waals surface area contributed by atoms with Crippen LogP contribution in [-0.2, 0) is 11.3 Å². The van der Waals surface area contributed by atoms with Gasteiger partial charge in [0.2, 0.25) is 0 Å². The Kier molecular flexibility index (Phi) is 5.69. The molecule has 2 fully saturated rings. The van der Waals surface area contributed by atoms with Gasteiger partial charge in [-0.25, -0.2) is 4.98 Å². The highest BCUT2D eigenvalue weighted by Crippen LogP contribution is 2.19. The molecule has 0 bridgehead atoms. The number of amides is 1. The first kappa shape index (κ1) is 18.0. The molecule has 2 aliphatic rings. The van der Waals surface area contributed by atoms with Crippen LogP contribution in [0, 0.1) is 0 Å². The summed E-state index contributed by atoms with van der Waals surface area (Å²) in [6.07, 6.45) is 5.36. The Labute approximate surface area is 159 Å². The van der Waals surface area contributed by atoms with E-state index >= 15 is 0 Å². The molecule has 2 aliphatic heterocycles. The molecule has 4 rings (SSSR count). The minimum absolute atomic E-state index is 0.0699. The van der Waals surface area contributed by atoms with Crippen molar-refractivity contribution < 1.29 is 13.9 Å². The first-order valence-electron chi connectivity index (χ1n) is 9.63. The van der Waals surface area contributed by atoms with Crippen molar-refractivity contribution in [1.29, 1.82) is 0 Å². The molecule has 2 aromatic heterocycles. The van der Waals surface area contributed by atoms with Gasteiger partial charge in [-0.05, 0) is 37.1 Å². The third kappa shape index (κ3) is 4.48. The Bertz CT molecular complexity index is 718. The standard InChI is InChI=1S/C20H26N4O3/c25-20(24-7-5-17(6-8-24)23-9-12-26-13-10-23)16-3-4-19(21-14-16)22-15-18-2-1-11-27-18/h1-4,11,14,17H,5-10,12-13,15H2,(H,21,22). The predicted octanol–water partition coefficient (Wildman–Crippen LogP) is 2.22. The lowest BCUT2D eigenvalue weighted by Gasteiger charge is -2.40. The van der Waals surface area contributed by atoms with E-state index in [0.717, 1.165) is 63.8 Å². The third-order valence-corrected chi connectivity index (χ3v) is 5.35. The summed E-state index contributed by atoms with van der Waals surface area (Å²) >= 11 is 0. The number of anilines is 1. The summed E-state index contributed by atoms with van der Waals surface area (Å²) in [7, 11) is 0. The molecule has 0 saturated carbocycles. The average Bonchev–Trinajstić information content (AvgIpc) is 3.27. The van der Waals surface area contributed by atoms with Crippen molar-refractivity contribution in [2.45, 2.75) is 25.4 Å². The lowest BCUT2D eigenvalue weighted by atomic mass is 10.0. The van der Waals surface area contributed by atoms with Gasteiger partial charge in [-0.15, -0.1) is 0 Å². The van der Waals surface area contributed by atoms with Gasteiger partial charge in [0.25, 0.3) is 5.91 Å². The lowest BCUT2D eigenvalue weighted by Crippen LogP contribution is -2.50. The molecule has 0 aromatic carbocycles. The molecule has 0 spiro atoms. The van der Waals surface area contributed by atoms with Crippen molar-refractivity contribution in [3.05, 3.63) is 48.0 Å². The molecule has 1 N–H and O–H groups in total. The fourth-order valence-electron chi connectivity index (χ4n) is 3.78. The van der Waals surface area contributed by atoms with E-state index in [1.54, 1.807) is 12.5 Å². The van der Waals surface area contributed by atoms with E-state index in [2.05, 4.69) is 15.2 Å². The van der Waals surface area contributed by atoms with Gasteiger partial charge in [-0.3, -0.25) is 9.69 Å². The summed E-state index contributed by atoms with van der Waals surface area (Å²) < 4.78 is 10.7. The topological polar surface area (TPSA) is 70.8 Å². The number of pyridine rings is 1. The number of furan rings is 1. The summed E-state index contributed by atoms with van der Waals surface area (Å²) in [4.78, 5) is 21.6. The number of likely N-dealkylation sites (tertiary alicyclic amines) is 1. The number of aromatic nitrogens is 1. The highest BCUT2D eigenvalue weighted by molar-refractivity contribution is 5.94. The number of morpholine rings is 1. The number of hydrogen-bond donors (Lipinski definition) is 1. The van der Waals surface area contributed by atoms with Crippen molar-refractivity contribution in [3.8, 4) is 0 Å². The second-order valence-corrected chi connectivity index (χ2v) is 7.04. The van der Waals surface area contributed by atoms with Gasteiger partial charge < -0.3 is 19.4 Å². The van der Waals surface area contributed by atoms with Gasteiger partial charge in [0, 0.05) is 38.4 Å². The molecular formula is C20H26N4O3. The smallest absolute Gasteiger partial charge is 0.255 e. The molecule has 1 amide bonds. The number of carbonyl (C=O) groups is 1. The van der Waals surface area contributed by atoms with E-state index in [9.17, 15) is 4.79 Å². The number of carbonyl (C=O) groups excluding carboxylic acids is 1. The fourth-order valence-corrected chi connectivity index (χ4v) is 3.78. The van der Waals surface area contributed by atoms with E-state index in [4.69, 9.17) is 9.15 Å². The number of piperidine rings is 1. The molecule has 0 unspecified atom stereocenters. The molecule has 27 heavy (non-hydrogen) atoms. The zero-order chi connectivity index (χ0) is 18.5. The molecule has 4 heterocycles. The summed E-state index contributed by atoms with van der Waals surface area (Å²) in [5.41, 5.74) is 0.642. The highest BCUT2D eigenvalue weighted by Gasteiger charge is 2.28. The number of nitrogens with zero attached hydrogens (tertiary/aromatic N) is 3. The van der Waals surface area contributed by atoms with Crippen LogP contribution >= 0.6 is 0 Å². The van der Waals surface area contributed by atoms with Crippen molar-refractivity contribution in [3.63, 3.8) is 0 Å². The normalized spacial score (nSPS) is 19.2. The number of nitrogens with one attached hydrogen (secondary N) is 1. The van der Waals surface area contributed by atoms with E-state index in [1.165, 1.54) is 0 Å². The van der Waals surface area contributed by atoms with Gasteiger partial charge in [-0.1, -0.05) is 0 Å². The van der Waals surface area contributed by atoms with Crippen LogP contribution in [0.2, 0.25) is 0 Å². The molecule has 7 heteroatoms. The van der Waals surface area contributed by atoms with Crippen molar-refractivity contribution >= 4 is 11.7 Å². The Hall–Kier alpha value is -2.38. The Morgan fingerprint density at radius 2 is 1.96 bits per heavy atom. The van der Waals surface area contributed by atoms with E-state index in [0.29, 0.717) is 18.2 Å². The third-order valence-electron chi connectivity index (χ3n) is 5.35.